The Bertz CT molecular complexity index is 385. The molecule has 0 amide bonds. The quantitative estimate of drug-likeness (QED) is 0.453. The zero-order valence-corrected chi connectivity index (χ0v) is 9.61. The van der Waals surface area contributed by atoms with Gasteiger partial charge < -0.3 is 10.1 Å². The van der Waals surface area contributed by atoms with Crippen LogP contribution < -0.4 is 5.32 Å². The predicted molar refractivity (Wildman–Crippen MR) is 62.7 cm³/mol. The van der Waals surface area contributed by atoms with E-state index in [4.69, 9.17) is 4.74 Å². The molecular weight excluding hydrogens is 227 g/mol. The first kappa shape index (κ1) is 13.4. The Balaban J connectivity index is 2.46. The molecule has 0 fully saturated rings. The van der Waals surface area contributed by atoms with Gasteiger partial charge in [0.2, 0.25) is 0 Å². The summed E-state index contributed by atoms with van der Waals surface area (Å²) in [6, 6.07) is 3.57. The van der Waals surface area contributed by atoms with E-state index >= 15 is 0 Å². The fraction of sp³-hybridized carbons (Fsp3) is 0.455. The zero-order valence-electron chi connectivity index (χ0n) is 9.61. The normalized spacial score (nSPS) is 10.2. The van der Waals surface area contributed by atoms with Crippen LogP contribution in [-0.4, -0.2) is 25.2 Å². The molecule has 1 aromatic rings. The number of rotatable bonds is 7. The van der Waals surface area contributed by atoms with Gasteiger partial charge in [-0.2, -0.15) is 0 Å². The number of nitrogens with one attached hydrogen (secondary N) is 1. The van der Waals surface area contributed by atoms with Crippen LogP contribution in [0.25, 0.3) is 0 Å². The van der Waals surface area contributed by atoms with Gasteiger partial charge in [0.15, 0.2) is 5.82 Å². The number of hydrogen-bond acceptors (Lipinski definition) is 4. The van der Waals surface area contributed by atoms with Gasteiger partial charge in [-0.3, -0.25) is 10.1 Å². The van der Waals surface area contributed by atoms with Gasteiger partial charge in [-0.05, 0) is 18.9 Å². The Labute approximate surface area is 98.7 Å². The number of halogens is 1. The minimum atomic E-state index is -0.620. The average Bonchev–Trinajstić information content (AvgIpc) is 2.30. The van der Waals surface area contributed by atoms with Crippen LogP contribution in [0.1, 0.15) is 12.8 Å². The second kappa shape index (κ2) is 6.80. The van der Waals surface area contributed by atoms with Crippen LogP contribution in [0.2, 0.25) is 0 Å². The number of non-ortho nitro benzene ring substituents is 1. The lowest BCUT2D eigenvalue weighted by Gasteiger charge is -2.06. The molecule has 0 heterocycles. The molecule has 1 N–H and O–H groups in total. The SMILES string of the molecule is COCCCCNc1ccc([N+](=O)[O-])cc1F. The Morgan fingerprint density at radius 2 is 2.24 bits per heavy atom. The monoisotopic (exact) mass is 242 g/mol. The van der Waals surface area contributed by atoms with E-state index in [1.54, 1.807) is 7.11 Å². The van der Waals surface area contributed by atoms with E-state index in [-0.39, 0.29) is 11.4 Å². The maximum absolute atomic E-state index is 13.4. The van der Waals surface area contributed by atoms with E-state index < -0.39 is 10.7 Å². The number of benzene rings is 1. The number of hydrogen-bond donors (Lipinski definition) is 1. The van der Waals surface area contributed by atoms with Crippen molar-refractivity contribution in [3.63, 3.8) is 0 Å². The van der Waals surface area contributed by atoms with E-state index in [9.17, 15) is 14.5 Å². The van der Waals surface area contributed by atoms with Gasteiger partial charge in [0.1, 0.15) is 0 Å². The summed E-state index contributed by atoms with van der Waals surface area (Å²) in [5.41, 5.74) is 0.0421. The van der Waals surface area contributed by atoms with Crippen LogP contribution in [0.5, 0.6) is 0 Å². The number of nitro benzene ring substituents is 1. The van der Waals surface area contributed by atoms with E-state index in [1.165, 1.54) is 12.1 Å². The highest BCUT2D eigenvalue weighted by Gasteiger charge is 2.09. The van der Waals surface area contributed by atoms with Crippen LogP contribution in [-0.2, 0) is 4.74 Å². The lowest BCUT2D eigenvalue weighted by atomic mass is 10.2. The van der Waals surface area contributed by atoms with Crippen molar-refractivity contribution in [2.45, 2.75) is 12.8 Å². The molecule has 0 saturated carbocycles. The van der Waals surface area contributed by atoms with Crippen LogP contribution in [0.3, 0.4) is 0 Å². The van der Waals surface area contributed by atoms with E-state index in [0.29, 0.717) is 13.2 Å². The number of anilines is 1. The Kier molecular flexibility index (Phi) is 5.35. The van der Waals surface area contributed by atoms with Crippen molar-refractivity contribution in [1.29, 1.82) is 0 Å². The Morgan fingerprint density at radius 1 is 1.47 bits per heavy atom. The lowest BCUT2D eigenvalue weighted by molar-refractivity contribution is -0.385. The summed E-state index contributed by atoms with van der Waals surface area (Å²) in [5, 5.41) is 13.3. The molecular formula is C11H15FN2O3. The van der Waals surface area contributed by atoms with Gasteiger partial charge in [0, 0.05) is 26.3 Å². The third-order valence-electron chi connectivity index (χ3n) is 2.25. The molecule has 5 nitrogen and oxygen atoms in total. The van der Waals surface area contributed by atoms with Gasteiger partial charge in [-0.25, -0.2) is 4.39 Å². The lowest BCUT2D eigenvalue weighted by Crippen LogP contribution is -2.05. The smallest absolute Gasteiger partial charge is 0.272 e. The summed E-state index contributed by atoms with van der Waals surface area (Å²) in [5.74, 6) is -0.606. The third kappa shape index (κ3) is 4.36. The van der Waals surface area contributed by atoms with Gasteiger partial charge in [0.05, 0.1) is 16.7 Å². The first-order chi connectivity index (χ1) is 8.15. The van der Waals surface area contributed by atoms with Crippen molar-refractivity contribution in [1.82, 2.24) is 0 Å². The molecule has 6 heteroatoms. The minimum Gasteiger partial charge on any atom is -0.385 e. The van der Waals surface area contributed by atoms with Crippen LogP contribution in [0.15, 0.2) is 18.2 Å². The first-order valence-corrected chi connectivity index (χ1v) is 5.32. The number of ether oxygens (including phenoxy) is 1. The number of unbranched alkanes of at least 4 members (excludes halogenated alkanes) is 1. The number of nitro groups is 1. The maximum Gasteiger partial charge on any atom is 0.272 e. The summed E-state index contributed by atoms with van der Waals surface area (Å²) < 4.78 is 18.3. The molecule has 94 valence electrons. The first-order valence-electron chi connectivity index (χ1n) is 5.32. The van der Waals surface area contributed by atoms with Crippen LogP contribution in [0.4, 0.5) is 15.8 Å². The van der Waals surface area contributed by atoms with Crippen molar-refractivity contribution in [2.24, 2.45) is 0 Å². The summed E-state index contributed by atoms with van der Waals surface area (Å²) in [7, 11) is 1.63. The largest absolute Gasteiger partial charge is 0.385 e. The summed E-state index contributed by atoms with van der Waals surface area (Å²) in [6.07, 6.45) is 1.74. The molecule has 1 aromatic carbocycles. The van der Waals surface area contributed by atoms with Crippen molar-refractivity contribution < 1.29 is 14.1 Å². The molecule has 0 spiro atoms. The molecule has 0 aromatic heterocycles. The molecule has 0 unspecified atom stereocenters. The predicted octanol–water partition coefficient (Wildman–Crippen LogP) is 2.57. The fourth-order valence-electron chi connectivity index (χ4n) is 1.36. The number of nitrogens with zero attached hydrogens (tertiary/aromatic N) is 1. The molecule has 0 radical (unpaired) electrons. The summed E-state index contributed by atoms with van der Waals surface area (Å²) in [4.78, 5) is 9.78. The van der Waals surface area contributed by atoms with E-state index in [2.05, 4.69) is 5.32 Å². The fourth-order valence-corrected chi connectivity index (χ4v) is 1.36. The molecule has 0 aliphatic heterocycles. The van der Waals surface area contributed by atoms with Crippen molar-refractivity contribution in [2.75, 3.05) is 25.6 Å². The Hall–Kier alpha value is -1.69. The minimum absolute atomic E-state index is 0.243. The average molecular weight is 242 g/mol. The summed E-state index contributed by atoms with van der Waals surface area (Å²) >= 11 is 0. The van der Waals surface area contributed by atoms with Gasteiger partial charge in [-0.1, -0.05) is 0 Å². The highest BCUT2D eigenvalue weighted by molar-refractivity contribution is 5.49. The molecule has 0 bridgehead atoms. The van der Waals surface area contributed by atoms with Crippen LogP contribution in [0, 0.1) is 15.9 Å². The Morgan fingerprint density at radius 3 is 2.82 bits per heavy atom. The highest BCUT2D eigenvalue weighted by atomic mass is 19.1. The molecule has 1 rings (SSSR count). The molecule has 0 aliphatic rings. The third-order valence-corrected chi connectivity index (χ3v) is 2.25. The topological polar surface area (TPSA) is 64.4 Å². The second-order valence-corrected chi connectivity index (χ2v) is 3.55. The van der Waals surface area contributed by atoms with E-state index in [1.807, 2.05) is 0 Å². The van der Waals surface area contributed by atoms with Gasteiger partial charge in [-0.15, -0.1) is 0 Å². The van der Waals surface area contributed by atoms with Crippen molar-refractivity contribution in [3.05, 3.63) is 34.1 Å². The van der Waals surface area contributed by atoms with Crippen molar-refractivity contribution >= 4 is 11.4 Å². The number of methoxy groups -OCH3 is 1. The van der Waals surface area contributed by atoms with Crippen LogP contribution >= 0.6 is 0 Å². The summed E-state index contributed by atoms with van der Waals surface area (Å²) in [6.45, 7) is 1.28. The molecule has 17 heavy (non-hydrogen) atoms. The standard InChI is InChI=1S/C11H15FN2O3/c1-17-7-3-2-6-13-11-5-4-9(14(15)16)8-10(11)12/h4-5,8,13H,2-3,6-7H2,1H3. The highest BCUT2D eigenvalue weighted by Crippen LogP contribution is 2.20. The van der Waals surface area contributed by atoms with Gasteiger partial charge >= 0.3 is 0 Å². The second-order valence-electron chi connectivity index (χ2n) is 3.55. The molecule has 0 aliphatic carbocycles. The molecule has 0 atom stereocenters. The van der Waals surface area contributed by atoms with E-state index in [0.717, 1.165) is 18.9 Å². The van der Waals surface area contributed by atoms with Gasteiger partial charge in [0.25, 0.3) is 5.69 Å². The maximum atomic E-state index is 13.4. The zero-order chi connectivity index (χ0) is 12.7. The molecule has 0 saturated heterocycles. The van der Waals surface area contributed by atoms with Crippen molar-refractivity contribution in [3.8, 4) is 0 Å².